The zero-order valence-corrected chi connectivity index (χ0v) is 11.1. The van der Waals surface area contributed by atoms with Gasteiger partial charge in [0, 0.05) is 5.92 Å². The predicted molar refractivity (Wildman–Crippen MR) is 63.5 cm³/mol. The second-order valence-electron chi connectivity index (χ2n) is 6.16. The van der Waals surface area contributed by atoms with E-state index in [-0.39, 0.29) is 22.7 Å². The van der Waals surface area contributed by atoms with Crippen LogP contribution in [-0.2, 0) is 4.79 Å². The summed E-state index contributed by atoms with van der Waals surface area (Å²) in [4.78, 5) is 12.1. The molecule has 0 aromatic carbocycles. The van der Waals surface area contributed by atoms with Crippen LogP contribution in [0.15, 0.2) is 0 Å². The molecular formula is C13H22N2O. The van der Waals surface area contributed by atoms with Crippen LogP contribution in [-0.4, -0.2) is 11.4 Å². The van der Waals surface area contributed by atoms with Gasteiger partial charge in [-0.15, -0.1) is 0 Å². The third kappa shape index (κ3) is 1.71. The predicted octanol–water partition coefficient (Wildman–Crippen LogP) is 2.48. The third-order valence-electron chi connectivity index (χ3n) is 4.64. The van der Waals surface area contributed by atoms with E-state index < -0.39 is 5.54 Å². The first kappa shape index (κ1) is 13.0. The summed E-state index contributed by atoms with van der Waals surface area (Å²) in [5.41, 5.74) is -0.672. The van der Waals surface area contributed by atoms with Crippen molar-refractivity contribution >= 4 is 5.91 Å². The summed E-state index contributed by atoms with van der Waals surface area (Å²) in [5, 5.41) is 11.9. The molecule has 0 bridgehead atoms. The SMILES string of the molecule is CCC(C)(C#N)NC(=O)C1C(C)(C)C1(C)C. The first-order valence-corrected chi connectivity index (χ1v) is 5.85. The Hall–Kier alpha value is -1.04. The number of hydrogen-bond donors (Lipinski definition) is 1. The molecule has 0 aromatic rings. The van der Waals surface area contributed by atoms with E-state index in [0.29, 0.717) is 6.42 Å². The number of nitrogens with zero attached hydrogens (tertiary/aromatic N) is 1. The van der Waals surface area contributed by atoms with E-state index in [1.807, 2.05) is 6.92 Å². The average molecular weight is 222 g/mol. The largest absolute Gasteiger partial charge is 0.338 e. The van der Waals surface area contributed by atoms with Gasteiger partial charge in [0.2, 0.25) is 5.91 Å². The summed E-state index contributed by atoms with van der Waals surface area (Å²) < 4.78 is 0. The summed E-state index contributed by atoms with van der Waals surface area (Å²) in [6, 6.07) is 2.16. The van der Waals surface area contributed by atoms with E-state index >= 15 is 0 Å². The normalized spacial score (nSPS) is 25.3. The van der Waals surface area contributed by atoms with Crippen LogP contribution in [0.3, 0.4) is 0 Å². The number of rotatable bonds is 3. The van der Waals surface area contributed by atoms with Crippen molar-refractivity contribution in [2.75, 3.05) is 0 Å². The van der Waals surface area contributed by atoms with Crippen molar-refractivity contribution < 1.29 is 4.79 Å². The van der Waals surface area contributed by atoms with Gasteiger partial charge < -0.3 is 5.32 Å². The van der Waals surface area contributed by atoms with Gasteiger partial charge in [-0.1, -0.05) is 34.6 Å². The highest BCUT2D eigenvalue weighted by molar-refractivity contribution is 5.85. The third-order valence-corrected chi connectivity index (χ3v) is 4.64. The van der Waals surface area contributed by atoms with Crippen LogP contribution >= 0.6 is 0 Å². The Morgan fingerprint density at radius 3 is 2.06 bits per heavy atom. The van der Waals surface area contributed by atoms with Crippen LogP contribution < -0.4 is 5.32 Å². The molecule has 1 fully saturated rings. The molecule has 3 heteroatoms. The maximum Gasteiger partial charge on any atom is 0.225 e. The van der Waals surface area contributed by atoms with E-state index in [0.717, 1.165) is 0 Å². The molecule has 0 aromatic heterocycles. The maximum absolute atomic E-state index is 12.1. The molecule has 1 atom stereocenters. The highest BCUT2D eigenvalue weighted by Crippen LogP contribution is 2.68. The summed E-state index contributed by atoms with van der Waals surface area (Å²) in [6.07, 6.45) is 0.628. The molecule has 0 heterocycles. The first-order chi connectivity index (χ1) is 7.12. The summed E-state index contributed by atoms with van der Waals surface area (Å²) >= 11 is 0. The molecular weight excluding hydrogens is 200 g/mol. The number of nitrogens with one attached hydrogen (secondary N) is 1. The van der Waals surface area contributed by atoms with Crippen molar-refractivity contribution in [2.45, 2.75) is 53.5 Å². The van der Waals surface area contributed by atoms with Gasteiger partial charge in [0.25, 0.3) is 0 Å². The Balaban J connectivity index is 2.75. The molecule has 1 aliphatic rings. The molecule has 3 nitrogen and oxygen atoms in total. The fourth-order valence-corrected chi connectivity index (χ4v) is 2.39. The topological polar surface area (TPSA) is 52.9 Å². The Morgan fingerprint density at radius 1 is 1.38 bits per heavy atom. The Morgan fingerprint density at radius 2 is 1.81 bits per heavy atom. The zero-order chi connectivity index (χ0) is 12.8. The van der Waals surface area contributed by atoms with E-state index in [1.54, 1.807) is 6.92 Å². The number of carbonyl (C=O) groups excluding carboxylic acids is 1. The number of amides is 1. The van der Waals surface area contributed by atoms with Crippen molar-refractivity contribution in [3.8, 4) is 6.07 Å². The van der Waals surface area contributed by atoms with Crippen molar-refractivity contribution in [1.29, 1.82) is 5.26 Å². The summed E-state index contributed by atoms with van der Waals surface area (Å²) in [6.45, 7) is 12.1. The van der Waals surface area contributed by atoms with Gasteiger partial charge in [0.15, 0.2) is 0 Å². The van der Waals surface area contributed by atoms with Gasteiger partial charge in [0.1, 0.15) is 5.54 Å². The van der Waals surface area contributed by atoms with Crippen molar-refractivity contribution in [3.63, 3.8) is 0 Å². The lowest BCUT2D eigenvalue weighted by Crippen LogP contribution is -2.45. The molecule has 1 aliphatic carbocycles. The van der Waals surface area contributed by atoms with Gasteiger partial charge in [0.05, 0.1) is 6.07 Å². The lowest BCUT2D eigenvalue weighted by molar-refractivity contribution is -0.124. The van der Waals surface area contributed by atoms with E-state index in [1.165, 1.54) is 0 Å². The minimum atomic E-state index is -0.730. The first-order valence-electron chi connectivity index (χ1n) is 5.85. The monoisotopic (exact) mass is 222 g/mol. The minimum absolute atomic E-state index is 0.0132. The van der Waals surface area contributed by atoms with Crippen LogP contribution in [0.4, 0.5) is 0 Å². The molecule has 1 unspecified atom stereocenters. The van der Waals surface area contributed by atoms with Crippen LogP contribution in [0.5, 0.6) is 0 Å². The molecule has 1 saturated carbocycles. The molecule has 0 saturated heterocycles. The fourth-order valence-electron chi connectivity index (χ4n) is 2.39. The smallest absolute Gasteiger partial charge is 0.225 e. The van der Waals surface area contributed by atoms with Crippen molar-refractivity contribution in [2.24, 2.45) is 16.7 Å². The van der Waals surface area contributed by atoms with Gasteiger partial charge in [-0.25, -0.2) is 0 Å². The van der Waals surface area contributed by atoms with Crippen LogP contribution in [0, 0.1) is 28.1 Å². The molecule has 90 valence electrons. The molecule has 16 heavy (non-hydrogen) atoms. The second kappa shape index (κ2) is 3.48. The molecule has 0 radical (unpaired) electrons. The second-order valence-corrected chi connectivity index (χ2v) is 6.16. The highest BCUT2D eigenvalue weighted by Gasteiger charge is 2.68. The lowest BCUT2D eigenvalue weighted by Gasteiger charge is -2.21. The average Bonchev–Trinajstić information content (AvgIpc) is 2.57. The van der Waals surface area contributed by atoms with E-state index in [9.17, 15) is 4.79 Å². The minimum Gasteiger partial charge on any atom is -0.338 e. The number of carbonyl (C=O) groups is 1. The summed E-state index contributed by atoms with van der Waals surface area (Å²) in [5.74, 6) is 0.0279. The van der Waals surface area contributed by atoms with Crippen LogP contribution in [0.2, 0.25) is 0 Å². The van der Waals surface area contributed by atoms with E-state index in [4.69, 9.17) is 5.26 Å². The zero-order valence-electron chi connectivity index (χ0n) is 11.1. The molecule has 0 aliphatic heterocycles. The van der Waals surface area contributed by atoms with Gasteiger partial charge in [-0.3, -0.25) is 4.79 Å². The quantitative estimate of drug-likeness (QED) is 0.797. The maximum atomic E-state index is 12.1. The summed E-state index contributed by atoms with van der Waals surface area (Å²) in [7, 11) is 0. The Bertz CT molecular complexity index is 337. The molecule has 1 N–H and O–H groups in total. The number of hydrogen-bond acceptors (Lipinski definition) is 2. The highest BCUT2D eigenvalue weighted by atomic mass is 16.2. The molecule has 1 rings (SSSR count). The van der Waals surface area contributed by atoms with Crippen LogP contribution in [0.25, 0.3) is 0 Å². The fraction of sp³-hybridized carbons (Fsp3) is 0.846. The van der Waals surface area contributed by atoms with Gasteiger partial charge in [-0.2, -0.15) is 5.26 Å². The van der Waals surface area contributed by atoms with Crippen molar-refractivity contribution in [3.05, 3.63) is 0 Å². The number of nitriles is 1. The lowest BCUT2D eigenvalue weighted by atomic mass is 10.00. The van der Waals surface area contributed by atoms with Gasteiger partial charge in [-0.05, 0) is 24.2 Å². The Labute approximate surface area is 98.2 Å². The van der Waals surface area contributed by atoms with Gasteiger partial charge >= 0.3 is 0 Å². The Kier molecular flexibility index (Phi) is 2.83. The molecule has 1 amide bonds. The van der Waals surface area contributed by atoms with Crippen molar-refractivity contribution in [1.82, 2.24) is 5.32 Å². The van der Waals surface area contributed by atoms with Crippen LogP contribution in [0.1, 0.15) is 48.0 Å². The standard InChI is InChI=1S/C13H22N2O/c1-7-13(6,8-14)15-10(16)9-11(2,3)12(9,4)5/h9H,7H2,1-6H3,(H,15,16). The van der Waals surface area contributed by atoms with E-state index in [2.05, 4.69) is 39.1 Å². The molecule has 0 spiro atoms.